The van der Waals surface area contributed by atoms with Crippen LogP contribution in [-0.2, 0) is 0 Å². The van der Waals surface area contributed by atoms with Crippen LogP contribution in [0.5, 0.6) is 11.5 Å². The molecule has 6 heteroatoms. The van der Waals surface area contributed by atoms with Gasteiger partial charge in [-0.3, -0.25) is 4.79 Å². The maximum absolute atomic E-state index is 12.1. The van der Waals surface area contributed by atoms with E-state index < -0.39 is 0 Å². The zero-order chi connectivity index (χ0) is 16.4. The Morgan fingerprint density at radius 2 is 1.78 bits per heavy atom. The smallest absolute Gasteiger partial charge is 0.251 e. The largest absolute Gasteiger partial charge is 0.490 e. The quantitative estimate of drug-likeness (QED) is 0.683. The second kappa shape index (κ2) is 12.0. The molecule has 0 saturated carbocycles. The zero-order valence-corrected chi connectivity index (χ0v) is 15.1. The summed E-state index contributed by atoms with van der Waals surface area (Å²) < 4.78 is 11.3. The number of ether oxygens (including phenoxy) is 2. The van der Waals surface area contributed by atoms with Crippen molar-refractivity contribution < 1.29 is 14.3 Å². The molecule has 5 nitrogen and oxygen atoms in total. The number of nitrogens with one attached hydrogen (secondary N) is 1. The lowest BCUT2D eigenvalue weighted by Crippen LogP contribution is -2.28. The molecule has 1 atom stereocenters. The van der Waals surface area contributed by atoms with Gasteiger partial charge in [0.2, 0.25) is 0 Å². The summed E-state index contributed by atoms with van der Waals surface area (Å²) in [5.74, 6) is 1.18. The van der Waals surface area contributed by atoms with E-state index in [4.69, 9.17) is 15.2 Å². The highest BCUT2D eigenvalue weighted by Gasteiger charge is 2.11. The third-order valence-electron chi connectivity index (χ3n) is 3.01. The molecule has 1 amide bonds. The number of carbonyl (C=O) groups excluding carboxylic acids is 1. The lowest BCUT2D eigenvalue weighted by atomic mass is 10.1. The number of hydrogen-bond acceptors (Lipinski definition) is 4. The maximum atomic E-state index is 12.1. The van der Waals surface area contributed by atoms with Crippen molar-refractivity contribution in [2.24, 2.45) is 5.73 Å². The average Bonchev–Trinajstić information content (AvgIpc) is 2.50. The van der Waals surface area contributed by atoms with Gasteiger partial charge in [0, 0.05) is 18.2 Å². The van der Waals surface area contributed by atoms with Crippen LogP contribution < -0.4 is 20.5 Å². The fourth-order valence-electron chi connectivity index (χ4n) is 1.82. The monoisotopic (exact) mass is 344 g/mol. The molecule has 1 rings (SSSR count). The van der Waals surface area contributed by atoms with Crippen LogP contribution in [0.4, 0.5) is 0 Å². The Morgan fingerprint density at radius 1 is 1.17 bits per heavy atom. The van der Waals surface area contributed by atoms with Crippen LogP contribution in [0, 0.1) is 0 Å². The van der Waals surface area contributed by atoms with Crippen molar-refractivity contribution in [3.63, 3.8) is 0 Å². The molecule has 0 radical (unpaired) electrons. The molecule has 0 aliphatic heterocycles. The third-order valence-corrected chi connectivity index (χ3v) is 3.01. The summed E-state index contributed by atoms with van der Waals surface area (Å²) in [5.41, 5.74) is 6.24. The first-order valence-corrected chi connectivity index (χ1v) is 8.01. The molecule has 1 unspecified atom stereocenters. The number of nitrogens with two attached hydrogens (primary N) is 1. The van der Waals surface area contributed by atoms with E-state index in [1.807, 2.05) is 20.8 Å². The number of carbonyl (C=O) groups is 1. The van der Waals surface area contributed by atoms with E-state index in [9.17, 15) is 4.79 Å². The number of amides is 1. The molecular weight excluding hydrogens is 316 g/mol. The topological polar surface area (TPSA) is 73.6 Å². The second-order valence-corrected chi connectivity index (χ2v) is 5.38. The van der Waals surface area contributed by atoms with E-state index in [2.05, 4.69) is 5.32 Å². The first-order chi connectivity index (χ1) is 10.6. The number of benzene rings is 1. The second-order valence-electron chi connectivity index (χ2n) is 5.38. The number of halogens is 1. The third kappa shape index (κ3) is 8.09. The number of rotatable bonds is 10. The van der Waals surface area contributed by atoms with Crippen LogP contribution in [-0.4, -0.2) is 31.7 Å². The Balaban J connectivity index is 0.00000484. The highest BCUT2D eigenvalue weighted by atomic mass is 35.5. The first-order valence-electron chi connectivity index (χ1n) is 8.01. The Kier molecular flexibility index (Phi) is 11.3. The van der Waals surface area contributed by atoms with E-state index in [-0.39, 0.29) is 24.4 Å². The van der Waals surface area contributed by atoms with E-state index in [1.165, 1.54) is 0 Å². The van der Waals surface area contributed by atoms with Gasteiger partial charge in [0.25, 0.3) is 5.91 Å². The van der Waals surface area contributed by atoms with E-state index in [1.54, 1.807) is 18.2 Å². The van der Waals surface area contributed by atoms with Gasteiger partial charge in [-0.25, -0.2) is 0 Å². The van der Waals surface area contributed by atoms with Gasteiger partial charge in [-0.15, -0.1) is 12.4 Å². The average molecular weight is 345 g/mol. The molecule has 0 aromatic heterocycles. The van der Waals surface area contributed by atoms with E-state index >= 15 is 0 Å². The van der Waals surface area contributed by atoms with Crippen molar-refractivity contribution in [2.75, 3.05) is 19.8 Å². The molecule has 0 aliphatic rings. The van der Waals surface area contributed by atoms with Crippen LogP contribution in [0.25, 0.3) is 0 Å². The van der Waals surface area contributed by atoms with Gasteiger partial charge in [0.05, 0.1) is 13.2 Å². The standard InChI is InChI=1S/C17H28N2O3.ClH/c1-4-10-21-15-7-6-14(12-16(15)22-11-5-2)17(20)19-9-8-13(3)18;/h6-7,12-13H,4-5,8-11,18H2,1-3H3,(H,19,20);1H. The van der Waals surface area contributed by atoms with E-state index in [0.717, 1.165) is 19.3 Å². The van der Waals surface area contributed by atoms with Gasteiger partial charge in [-0.2, -0.15) is 0 Å². The highest BCUT2D eigenvalue weighted by molar-refractivity contribution is 5.94. The molecule has 0 fully saturated rings. The Hall–Kier alpha value is -1.46. The predicted molar refractivity (Wildman–Crippen MR) is 95.9 cm³/mol. The first kappa shape index (κ1) is 21.5. The van der Waals surface area contributed by atoms with Gasteiger partial charge in [0.15, 0.2) is 11.5 Å². The van der Waals surface area contributed by atoms with Gasteiger partial charge >= 0.3 is 0 Å². The molecule has 3 N–H and O–H groups in total. The lowest BCUT2D eigenvalue weighted by molar-refractivity contribution is 0.0952. The summed E-state index contributed by atoms with van der Waals surface area (Å²) in [7, 11) is 0. The van der Waals surface area contributed by atoms with Crippen molar-refractivity contribution >= 4 is 18.3 Å². The minimum atomic E-state index is -0.121. The highest BCUT2D eigenvalue weighted by Crippen LogP contribution is 2.28. The molecule has 1 aromatic rings. The Labute approximate surface area is 145 Å². The van der Waals surface area contributed by atoms with Crippen LogP contribution in [0.15, 0.2) is 18.2 Å². The van der Waals surface area contributed by atoms with Crippen molar-refractivity contribution in [3.05, 3.63) is 23.8 Å². The molecule has 23 heavy (non-hydrogen) atoms. The van der Waals surface area contributed by atoms with Gasteiger partial charge in [0.1, 0.15) is 0 Å². The summed E-state index contributed by atoms with van der Waals surface area (Å²) in [4.78, 5) is 12.1. The fourth-order valence-corrected chi connectivity index (χ4v) is 1.82. The van der Waals surface area contributed by atoms with Gasteiger partial charge in [-0.1, -0.05) is 13.8 Å². The molecule has 0 bridgehead atoms. The fraction of sp³-hybridized carbons (Fsp3) is 0.588. The summed E-state index contributed by atoms with van der Waals surface area (Å²) in [6.45, 7) is 7.79. The molecule has 0 heterocycles. The summed E-state index contributed by atoms with van der Waals surface area (Å²) >= 11 is 0. The van der Waals surface area contributed by atoms with Crippen molar-refractivity contribution in [1.82, 2.24) is 5.32 Å². The molecule has 1 aromatic carbocycles. The molecule has 132 valence electrons. The van der Waals surface area contributed by atoms with Crippen LogP contribution in [0.3, 0.4) is 0 Å². The summed E-state index contributed by atoms with van der Waals surface area (Å²) in [6.07, 6.45) is 2.58. The van der Waals surface area contributed by atoms with Crippen molar-refractivity contribution in [2.45, 2.75) is 46.1 Å². The van der Waals surface area contributed by atoms with Crippen LogP contribution >= 0.6 is 12.4 Å². The van der Waals surface area contributed by atoms with Crippen molar-refractivity contribution in [3.8, 4) is 11.5 Å². The van der Waals surface area contributed by atoms with Gasteiger partial charge in [-0.05, 0) is 44.4 Å². The molecular formula is C17H29ClN2O3. The molecule has 0 aliphatic carbocycles. The maximum Gasteiger partial charge on any atom is 0.251 e. The van der Waals surface area contributed by atoms with E-state index in [0.29, 0.717) is 36.8 Å². The summed E-state index contributed by atoms with van der Waals surface area (Å²) in [6, 6.07) is 5.36. The van der Waals surface area contributed by atoms with Crippen LogP contribution in [0.1, 0.15) is 50.4 Å². The predicted octanol–water partition coefficient (Wildman–Crippen LogP) is 3.15. The van der Waals surface area contributed by atoms with Gasteiger partial charge < -0.3 is 20.5 Å². The van der Waals surface area contributed by atoms with Crippen molar-refractivity contribution in [1.29, 1.82) is 0 Å². The zero-order valence-electron chi connectivity index (χ0n) is 14.3. The SMILES string of the molecule is CCCOc1ccc(C(=O)NCCC(C)N)cc1OCCC.Cl. The lowest BCUT2D eigenvalue weighted by Gasteiger charge is -2.14. The number of hydrogen-bond donors (Lipinski definition) is 2. The minimum Gasteiger partial charge on any atom is -0.490 e. The van der Waals surface area contributed by atoms with Crippen LogP contribution in [0.2, 0.25) is 0 Å². The summed E-state index contributed by atoms with van der Waals surface area (Å²) in [5, 5.41) is 2.86. The Bertz CT molecular complexity index is 467. The normalized spacial score (nSPS) is 11.3. The Morgan fingerprint density at radius 3 is 2.35 bits per heavy atom. The molecule has 0 spiro atoms. The molecule has 0 saturated heterocycles. The minimum absolute atomic E-state index is 0.